The summed E-state index contributed by atoms with van der Waals surface area (Å²) in [6.45, 7) is 3.54. The van der Waals surface area contributed by atoms with Crippen molar-refractivity contribution in [1.29, 1.82) is 0 Å². The van der Waals surface area contributed by atoms with E-state index in [1.807, 2.05) is 6.07 Å². The first kappa shape index (κ1) is 34.4. The summed E-state index contributed by atoms with van der Waals surface area (Å²) in [5.41, 5.74) is 1.55. The third-order valence-electron chi connectivity index (χ3n) is 8.33. The highest BCUT2D eigenvalue weighted by atomic mass is 35.5. The number of primary sulfonamides is 1. The van der Waals surface area contributed by atoms with Gasteiger partial charge < -0.3 is 20.1 Å². The average Bonchev–Trinajstić information content (AvgIpc) is 3.37. The highest BCUT2D eigenvalue weighted by Gasteiger charge is 2.59. The summed E-state index contributed by atoms with van der Waals surface area (Å²) in [5, 5.41) is 10.9. The predicted molar refractivity (Wildman–Crippen MR) is 177 cm³/mol. The quantitative estimate of drug-likeness (QED) is 0.280. The van der Waals surface area contributed by atoms with Crippen molar-refractivity contribution >= 4 is 62.1 Å². The van der Waals surface area contributed by atoms with Crippen LogP contribution in [0.15, 0.2) is 71.6 Å². The van der Waals surface area contributed by atoms with Crippen molar-refractivity contribution < 1.29 is 41.6 Å². The van der Waals surface area contributed by atoms with Gasteiger partial charge in [0.1, 0.15) is 29.4 Å². The SMILES string of the molecule is COC(=O)[N@@+]1(C(=O)C(C)CSC(=O)c2ccccc2)C[C@@H](Oc2cccc(C3NC(=O)c4cc(S(N)(=O)=O)c(Cl)cc4N3)c2)CC1C. The van der Waals surface area contributed by atoms with Crippen molar-refractivity contribution in [2.45, 2.75) is 43.5 Å². The molecular weight excluding hydrogens is 668 g/mol. The first-order chi connectivity index (χ1) is 22.2. The number of fused-ring (bicyclic) bond motifs is 1. The number of anilines is 1. The Hall–Kier alpha value is -3.95. The number of thioether (sulfide) groups is 1. The van der Waals surface area contributed by atoms with Crippen molar-refractivity contribution in [2.24, 2.45) is 11.1 Å². The molecule has 3 aromatic carbocycles. The number of nitrogens with one attached hydrogen (secondary N) is 2. The molecule has 47 heavy (non-hydrogen) atoms. The van der Waals surface area contributed by atoms with Gasteiger partial charge in [-0.2, -0.15) is 9.28 Å². The Kier molecular flexibility index (Phi) is 9.99. The van der Waals surface area contributed by atoms with Gasteiger partial charge in [0.25, 0.3) is 5.91 Å². The minimum absolute atomic E-state index is 0.0369. The Balaban J connectivity index is 1.30. The lowest BCUT2D eigenvalue weighted by Gasteiger charge is -2.32. The van der Waals surface area contributed by atoms with Gasteiger partial charge in [-0.1, -0.05) is 65.8 Å². The van der Waals surface area contributed by atoms with Gasteiger partial charge in [0, 0.05) is 17.7 Å². The number of carbonyl (C=O) groups is 4. The molecule has 1 fully saturated rings. The van der Waals surface area contributed by atoms with Crippen molar-refractivity contribution in [3.8, 4) is 5.75 Å². The largest absolute Gasteiger partial charge is 0.523 e. The monoisotopic (exact) mass is 701 g/mol. The van der Waals surface area contributed by atoms with Gasteiger partial charge in [-0.25, -0.2) is 18.4 Å². The smallest absolute Gasteiger partial charge is 0.484 e. The van der Waals surface area contributed by atoms with Crippen LogP contribution < -0.4 is 20.5 Å². The van der Waals surface area contributed by atoms with Gasteiger partial charge in [-0.3, -0.25) is 9.59 Å². The molecule has 0 aliphatic carbocycles. The summed E-state index contributed by atoms with van der Waals surface area (Å²) < 4.78 is 34.6. The van der Waals surface area contributed by atoms with Crippen molar-refractivity contribution in [2.75, 3.05) is 24.7 Å². The van der Waals surface area contributed by atoms with Crippen LogP contribution in [0.2, 0.25) is 5.02 Å². The summed E-state index contributed by atoms with van der Waals surface area (Å²) in [6.07, 6.45) is -1.55. The fourth-order valence-corrected chi connectivity index (χ4v) is 7.91. The summed E-state index contributed by atoms with van der Waals surface area (Å²) in [7, 11) is -2.90. The van der Waals surface area contributed by atoms with Crippen LogP contribution >= 0.6 is 23.4 Å². The zero-order valence-electron chi connectivity index (χ0n) is 25.8. The molecule has 2 aliphatic rings. The molecule has 5 atom stereocenters. The summed E-state index contributed by atoms with van der Waals surface area (Å²) in [6, 6.07) is 17.7. The third kappa shape index (κ3) is 7.02. The molecule has 248 valence electrons. The number of hydrogen-bond donors (Lipinski definition) is 3. The van der Waals surface area contributed by atoms with Crippen LogP contribution in [0.5, 0.6) is 5.75 Å². The fraction of sp³-hybridized carbons (Fsp3) is 0.312. The van der Waals surface area contributed by atoms with Gasteiger partial charge >= 0.3 is 12.0 Å². The minimum atomic E-state index is -4.14. The highest BCUT2D eigenvalue weighted by Crippen LogP contribution is 2.36. The standard InChI is InChI=1S/C32H33ClN4O8S2/c1-18(17-46-31(40)20-8-5-4-6-9-20)30(39)37(32(41)44-3)16-23(12-19(37)2)45-22-11-7-10-21(13-22)28-35-26-15-25(33)27(47(34,42)43)14-24(26)29(38)36-28/h4-11,13-15,18-19,23,28H,12,16-17H2,1-3H3,(H3-,34,35,36,38,42,43)/p+1/t18?,19?,23-,28?,37-/m0/s1. The Morgan fingerprint density at radius 2 is 1.81 bits per heavy atom. The number of rotatable bonds is 8. The number of sulfonamides is 1. The van der Waals surface area contributed by atoms with Crippen LogP contribution in [0, 0.1) is 5.92 Å². The minimum Gasteiger partial charge on any atom is -0.484 e. The first-order valence-corrected chi connectivity index (χ1v) is 17.6. The Labute approximate surface area is 281 Å². The summed E-state index contributed by atoms with van der Waals surface area (Å²) in [4.78, 5) is 52.4. The topological polar surface area (TPSA) is 171 Å². The first-order valence-electron chi connectivity index (χ1n) is 14.7. The van der Waals surface area contributed by atoms with Crippen LogP contribution in [0.25, 0.3) is 0 Å². The number of nitrogens with zero attached hydrogens (tertiary/aromatic N) is 1. The fourth-order valence-electron chi connectivity index (χ4n) is 5.96. The summed E-state index contributed by atoms with van der Waals surface area (Å²) in [5.74, 6) is -0.873. The van der Waals surface area contributed by atoms with Gasteiger partial charge in [-0.15, -0.1) is 0 Å². The molecule has 2 aliphatic heterocycles. The third-order valence-corrected chi connectivity index (χ3v) is 10.9. The Morgan fingerprint density at radius 3 is 2.49 bits per heavy atom. The molecule has 5 rings (SSSR count). The molecule has 3 amide bonds. The maximum atomic E-state index is 13.9. The van der Waals surface area contributed by atoms with Crippen LogP contribution in [-0.4, -0.2) is 67.5 Å². The van der Waals surface area contributed by atoms with E-state index >= 15 is 0 Å². The molecule has 2 heterocycles. The highest BCUT2D eigenvalue weighted by molar-refractivity contribution is 8.14. The molecule has 3 unspecified atom stereocenters. The van der Waals surface area contributed by atoms with E-state index in [1.54, 1.807) is 62.4 Å². The molecule has 0 radical (unpaired) electrons. The number of hydrogen-bond acceptors (Lipinski definition) is 10. The lowest BCUT2D eigenvalue weighted by molar-refractivity contribution is -0.795. The van der Waals surface area contributed by atoms with E-state index < -0.39 is 50.7 Å². The van der Waals surface area contributed by atoms with E-state index in [4.69, 9.17) is 26.2 Å². The van der Waals surface area contributed by atoms with E-state index in [-0.39, 0.29) is 38.8 Å². The average molecular weight is 702 g/mol. The molecule has 0 spiro atoms. The number of likely N-dealkylation sites (tertiary alicyclic amines) is 1. The Bertz CT molecular complexity index is 1840. The lowest BCUT2D eigenvalue weighted by Crippen LogP contribution is -2.61. The second-order valence-electron chi connectivity index (χ2n) is 11.5. The molecule has 12 nitrogen and oxygen atoms in total. The van der Waals surface area contributed by atoms with Crippen molar-refractivity contribution in [1.82, 2.24) is 5.32 Å². The van der Waals surface area contributed by atoms with Crippen LogP contribution in [0.4, 0.5) is 10.5 Å². The van der Waals surface area contributed by atoms with Crippen molar-refractivity contribution in [3.63, 3.8) is 0 Å². The van der Waals surface area contributed by atoms with E-state index in [1.165, 1.54) is 13.2 Å². The van der Waals surface area contributed by atoms with E-state index in [9.17, 15) is 27.6 Å². The molecular formula is C32H34ClN4O8S2+. The van der Waals surface area contributed by atoms with Crippen LogP contribution in [-0.2, 0) is 19.6 Å². The zero-order chi connectivity index (χ0) is 34.1. The Morgan fingerprint density at radius 1 is 1.09 bits per heavy atom. The van der Waals surface area contributed by atoms with Gasteiger partial charge in [0.15, 0.2) is 6.10 Å². The number of imide groups is 1. The number of amides is 3. The number of benzene rings is 3. The maximum absolute atomic E-state index is 13.9. The molecule has 0 saturated carbocycles. The second-order valence-corrected chi connectivity index (χ2v) is 14.5. The number of halogens is 1. The second kappa shape index (κ2) is 13.6. The maximum Gasteiger partial charge on any atom is 0.523 e. The molecule has 15 heteroatoms. The molecule has 3 aromatic rings. The molecule has 0 aromatic heterocycles. The number of carbonyl (C=O) groups excluding carboxylic acids is 4. The normalized spacial score (nSPS) is 22.7. The molecule has 4 N–H and O–H groups in total. The number of ether oxygens (including phenoxy) is 2. The van der Waals surface area contributed by atoms with E-state index in [0.717, 1.165) is 17.8 Å². The number of quaternary nitrogens is 1. The van der Waals surface area contributed by atoms with Gasteiger partial charge in [0.05, 0.1) is 29.3 Å². The van der Waals surface area contributed by atoms with Gasteiger partial charge in [-0.05, 0) is 43.7 Å². The van der Waals surface area contributed by atoms with Crippen LogP contribution in [0.1, 0.15) is 52.7 Å². The lowest BCUT2D eigenvalue weighted by atomic mass is 10.1. The van der Waals surface area contributed by atoms with E-state index in [2.05, 4.69) is 10.6 Å². The summed E-state index contributed by atoms with van der Waals surface area (Å²) >= 11 is 7.18. The van der Waals surface area contributed by atoms with Crippen LogP contribution in [0.3, 0.4) is 0 Å². The van der Waals surface area contributed by atoms with Gasteiger partial charge in [0.2, 0.25) is 15.1 Å². The number of methoxy groups -OCH3 is 1. The van der Waals surface area contributed by atoms with Crippen molar-refractivity contribution in [3.05, 3.63) is 88.4 Å². The van der Waals surface area contributed by atoms with E-state index in [0.29, 0.717) is 29.0 Å². The molecule has 0 bridgehead atoms. The zero-order valence-corrected chi connectivity index (χ0v) is 28.2. The number of nitrogens with two attached hydrogens (primary N) is 1. The predicted octanol–water partition coefficient (Wildman–Crippen LogP) is 4.70. The molecule has 1 saturated heterocycles.